The molecule has 29 heavy (non-hydrogen) atoms. The van der Waals surface area contributed by atoms with Crippen molar-refractivity contribution in [2.75, 3.05) is 32.7 Å². The number of benzene rings is 2. The van der Waals surface area contributed by atoms with E-state index in [1.807, 2.05) is 4.90 Å². The summed E-state index contributed by atoms with van der Waals surface area (Å²) in [5, 5.41) is 0. The molecule has 4 rings (SSSR count). The van der Waals surface area contributed by atoms with E-state index in [0.717, 1.165) is 19.6 Å². The highest BCUT2D eigenvalue weighted by Crippen LogP contribution is 2.22. The van der Waals surface area contributed by atoms with E-state index < -0.39 is 0 Å². The SMILES string of the molecule is Cc1cccc(C[NH+]2CCN(C(=O)CCN3C(=O)c4ccccc4C3=O)CC2)c1. The van der Waals surface area contributed by atoms with E-state index in [0.29, 0.717) is 24.2 Å². The Kier molecular flexibility index (Phi) is 5.45. The molecule has 3 amide bonds. The van der Waals surface area contributed by atoms with Crippen molar-refractivity contribution in [3.63, 3.8) is 0 Å². The molecular formula is C23H26N3O3+. The number of fused-ring (bicyclic) bond motifs is 1. The van der Waals surface area contributed by atoms with Crippen molar-refractivity contribution in [3.05, 3.63) is 70.8 Å². The minimum Gasteiger partial charge on any atom is -0.331 e. The fraction of sp³-hybridized carbons (Fsp3) is 0.348. The Labute approximate surface area is 170 Å². The largest absolute Gasteiger partial charge is 0.331 e. The van der Waals surface area contributed by atoms with Gasteiger partial charge in [0, 0.05) is 18.5 Å². The molecule has 0 bridgehead atoms. The van der Waals surface area contributed by atoms with Gasteiger partial charge >= 0.3 is 0 Å². The topological polar surface area (TPSA) is 62.1 Å². The summed E-state index contributed by atoms with van der Waals surface area (Å²) in [5.74, 6) is -0.590. The Bertz CT molecular complexity index is 913. The summed E-state index contributed by atoms with van der Waals surface area (Å²) in [5.41, 5.74) is 3.45. The minimum absolute atomic E-state index is 0.0103. The Morgan fingerprint density at radius 2 is 1.62 bits per heavy atom. The van der Waals surface area contributed by atoms with Gasteiger partial charge in [-0.15, -0.1) is 0 Å². The van der Waals surface area contributed by atoms with Gasteiger partial charge in [0.2, 0.25) is 5.91 Å². The summed E-state index contributed by atoms with van der Waals surface area (Å²) >= 11 is 0. The van der Waals surface area contributed by atoms with Gasteiger partial charge in [-0.25, -0.2) is 0 Å². The van der Waals surface area contributed by atoms with Crippen LogP contribution in [0.3, 0.4) is 0 Å². The molecule has 6 nitrogen and oxygen atoms in total. The fourth-order valence-corrected chi connectivity index (χ4v) is 4.17. The number of nitrogens with one attached hydrogen (secondary N) is 1. The lowest BCUT2D eigenvalue weighted by molar-refractivity contribution is -0.917. The predicted octanol–water partition coefficient (Wildman–Crippen LogP) is 0.908. The average molecular weight is 392 g/mol. The second-order valence-electron chi connectivity index (χ2n) is 7.85. The number of rotatable bonds is 5. The third-order valence-electron chi connectivity index (χ3n) is 5.79. The molecule has 1 saturated heterocycles. The van der Waals surface area contributed by atoms with Gasteiger partial charge in [-0.1, -0.05) is 42.0 Å². The molecule has 150 valence electrons. The van der Waals surface area contributed by atoms with Crippen LogP contribution in [0.1, 0.15) is 38.3 Å². The molecule has 0 atom stereocenters. The van der Waals surface area contributed by atoms with Crippen molar-refractivity contribution in [2.45, 2.75) is 19.9 Å². The number of amides is 3. The van der Waals surface area contributed by atoms with Crippen LogP contribution in [0.15, 0.2) is 48.5 Å². The van der Waals surface area contributed by atoms with Crippen LogP contribution < -0.4 is 4.90 Å². The van der Waals surface area contributed by atoms with Crippen LogP contribution in [0.4, 0.5) is 0 Å². The van der Waals surface area contributed by atoms with Gasteiger partial charge in [-0.3, -0.25) is 19.3 Å². The van der Waals surface area contributed by atoms with Crippen LogP contribution >= 0.6 is 0 Å². The lowest BCUT2D eigenvalue weighted by atomic mass is 10.1. The maximum absolute atomic E-state index is 12.6. The van der Waals surface area contributed by atoms with Crippen LogP contribution in [-0.4, -0.2) is 60.2 Å². The van der Waals surface area contributed by atoms with Crippen molar-refractivity contribution in [1.82, 2.24) is 9.80 Å². The van der Waals surface area contributed by atoms with Crippen molar-refractivity contribution in [2.24, 2.45) is 0 Å². The van der Waals surface area contributed by atoms with Gasteiger partial charge in [-0.05, 0) is 19.1 Å². The number of nitrogens with zero attached hydrogens (tertiary/aromatic N) is 2. The predicted molar refractivity (Wildman–Crippen MR) is 109 cm³/mol. The van der Waals surface area contributed by atoms with Gasteiger partial charge in [0.25, 0.3) is 11.8 Å². The molecular weight excluding hydrogens is 366 g/mol. The lowest BCUT2D eigenvalue weighted by Gasteiger charge is -2.32. The minimum atomic E-state index is -0.300. The van der Waals surface area contributed by atoms with Gasteiger partial charge in [-0.2, -0.15) is 0 Å². The first-order valence-corrected chi connectivity index (χ1v) is 10.1. The number of hydrogen-bond acceptors (Lipinski definition) is 3. The zero-order valence-corrected chi connectivity index (χ0v) is 16.7. The highest BCUT2D eigenvalue weighted by molar-refractivity contribution is 6.21. The number of carbonyl (C=O) groups is 3. The Hall–Kier alpha value is -2.99. The number of imide groups is 1. The molecule has 0 aromatic heterocycles. The molecule has 0 spiro atoms. The molecule has 6 heteroatoms. The Balaban J connectivity index is 1.26. The van der Waals surface area contributed by atoms with Crippen LogP contribution in [0, 0.1) is 6.92 Å². The molecule has 2 aliphatic heterocycles. The first-order chi connectivity index (χ1) is 14.0. The van der Waals surface area contributed by atoms with E-state index >= 15 is 0 Å². The maximum Gasteiger partial charge on any atom is 0.261 e. The zero-order chi connectivity index (χ0) is 20.4. The van der Waals surface area contributed by atoms with Crippen molar-refractivity contribution < 1.29 is 19.3 Å². The molecule has 2 aliphatic rings. The summed E-state index contributed by atoms with van der Waals surface area (Å²) in [7, 11) is 0. The van der Waals surface area contributed by atoms with E-state index in [9.17, 15) is 14.4 Å². The van der Waals surface area contributed by atoms with Gasteiger partial charge in [0.05, 0.1) is 37.3 Å². The summed E-state index contributed by atoms with van der Waals surface area (Å²) in [6.07, 6.45) is 0.179. The molecule has 0 unspecified atom stereocenters. The third-order valence-corrected chi connectivity index (χ3v) is 5.79. The molecule has 0 saturated carbocycles. The van der Waals surface area contributed by atoms with Crippen molar-refractivity contribution in [1.29, 1.82) is 0 Å². The third kappa shape index (κ3) is 4.07. The molecule has 1 N–H and O–H groups in total. The highest BCUT2D eigenvalue weighted by atomic mass is 16.2. The first-order valence-electron chi connectivity index (χ1n) is 10.1. The number of aryl methyl sites for hydroxylation is 1. The van der Waals surface area contributed by atoms with Crippen LogP contribution in [0.2, 0.25) is 0 Å². The van der Waals surface area contributed by atoms with Gasteiger partial charge < -0.3 is 9.80 Å². The van der Waals surface area contributed by atoms with E-state index in [1.165, 1.54) is 20.9 Å². The lowest BCUT2D eigenvalue weighted by Crippen LogP contribution is -3.13. The maximum atomic E-state index is 12.6. The number of quaternary nitrogens is 1. The van der Waals surface area contributed by atoms with Gasteiger partial charge in [0.1, 0.15) is 6.54 Å². The quantitative estimate of drug-likeness (QED) is 0.770. The monoisotopic (exact) mass is 392 g/mol. The second-order valence-corrected chi connectivity index (χ2v) is 7.85. The normalized spacial score (nSPS) is 17.0. The summed E-state index contributed by atoms with van der Waals surface area (Å²) in [6.45, 7) is 6.45. The van der Waals surface area contributed by atoms with E-state index in [1.54, 1.807) is 24.3 Å². The Morgan fingerprint density at radius 1 is 0.966 bits per heavy atom. The summed E-state index contributed by atoms with van der Waals surface area (Å²) in [6, 6.07) is 15.4. The Morgan fingerprint density at radius 3 is 2.24 bits per heavy atom. The van der Waals surface area contributed by atoms with Gasteiger partial charge in [0.15, 0.2) is 0 Å². The molecule has 2 aromatic rings. The number of hydrogen-bond donors (Lipinski definition) is 1. The standard InChI is InChI=1S/C23H25N3O3/c1-17-5-4-6-18(15-17)16-24-11-13-25(14-12-24)21(27)9-10-26-22(28)19-7-2-3-8-20(19)23(26)29/h2-8,15H,9-14,16H2,1H3/p+1. The molecule has 0 radical (unpaired) electrons. The number of carbonyl (C=O) groups excluding carboxylic acids is 3. The average Bonchev–Trinajstić information content (AvgIpc) is 2.97. The van der Waals surface area contributed by atoms with Crippen LogP contribution in [-0.2, 0) is 11.3 Å². The van der Waals surface area contributed by atoms with Crippen molar-refractivity contribution >= 4 is 17.7 Å². The molecule has 2 heterocycles. The second kappa shape index (κ2) is 8.17. The highest BCUT2D eigenvalue weighted by Gasteiger charge is 2.35. The van der Waals surface area contributed by atoms with E-state index in [2.05, 4.69) is 31.2 Å². The first kappa shape index (κ1) is 19.3. The molecule has 2 aromatic carbocycles. The number of piperazine rings is 1. The summed E-state index contributed by atoms with van der Waals surface area (Å²) in [4.78, 5) is 42.0. The summed E-state index contributed by atoms with van der Waals surface area (Å²) < 4.78 is 0. The smallest absolute Gasteiger partial charge is 0.261 e. The molecule has 1 fully saturated rings. The zero-order valence-electron chi connectivity index (χ0n) is 16.7. The van der Waals surface area contributed by atoms with Crippen LogP contribution in [0.5, 0.6) is 0 Å². The van der Waals surface area contributed by atoms with Crippen LogP contribution in [0.25, 0.3) is 0 Å². The van der Waals surface area contributed by atoms with E-state index in [-0.39, 0.29) is 30.7 Å². The van der Waals surface area contributed by atoms with E-state index in [4.69, 9.17) is 0 Å². The van der Waals surface area contributed by atoms with Crippen molar-refractivity contribution in [3.8, 4) is 0 Å². The fourth-order valence-electron chi connectivity index (χ4n) is 4.17. The molecule has 0 aliphatic carbocycles.